The van der Waals surface area contributed by atoms with E-state index in [4.69, 9.17) is 11.5 Å². The quantitative estimate of drug-likeness (QED) is 0.0877. The number of ether oxygens (including phenoxy) is 1. The van der Waals surface area contributed by atoms with Crippen molar-refractivity contribution in [2.75, 3.05) is 32.2 Å². The maximum atomic E-state index is 13.6. The molecule has 13 nitrogen and oxygen atoms in total. The summed E-state index contributed by atoms with van der Waals surface area (Å²) in [6, 6.07) is 9.67. The molecule has 0 saturated carbocycles. The molecule has 286 valence electrons. The molecular formula is C36H56ClN5O8S. The lowest BCUT2D eigenvalue weighted by Crippen LogP contribution is -2.55. The predicted octanol–water partition coefficient (Wildman–Crippen LogP) is 2.27. The van der Waals surface area contributed by atoms with Gasteiger partial charge in [0.15, 0.2) is 0 Å². The zero-order valence-electron chi connectivity index (χ0n) is 30.1. The second-order valence-electron chi connectivity index (χ2n) is 12.2. The number of thioether (sulfide) groups is 1. The summed E-state index contributed by atoms with van der Waals surface area (Å²) in [5.41, 5.74) is 15.4. The number of hydrogen-bond donors (Lipinski definition) is 5. The number of aromatic hydroxyl groups is 1. The van der Waals surface area contributed by atoms with E-state index in [2.05, 4.69) is 15.4 Å². The Balaban J connectivity index is 0.0000125. The van der Waals surface area contributed by atoms with Gasteiger partial charge in [0, 0.05) is 19.4 Å². The number of benzene rings is 2. The van der Waals surface area contributed by atoms with Crippen molar-refractivity contribution in [3.05, 3.63) is 64.7 Å². The van der Waals surface area contributed by atoms with Crippen LogP contribution in [0, 0.1) is 13.8 Å². The molecule has 2 rings (SSSR count). The second-order valence-corrected chi connectivity index (χ2v) is 13.2. The molecule has 4 amide bonds. The fourth-order valence-corrected chi connectivity index (χ4v) is 6.09. The van der Waals surface area contributed by atoms with Crippen molar-refractivity contribution in [2.24, 2.45) is 11.5 Å². The Morgan fingerprint density at radius 3 is 2.14 bits per heavy atom. The predicted molar refractivity (Wildman–Crippen MR) is 203 cm³/mol. The summed E-state index contributed by atoms with van der Waals surface area (Å²) in [5.74, 6) is -1.71. The third-order valence-corrected chi connectivity index (χ3v) is 9.05. The van der Waals surface area contributed by atoms with Gasteiger partial charge in [-0.3, -0.25) is 24.0 Å². The standard InChI is InChI=1S/C36H53N5O7S.ClH.H2O/c1-24-19-27(42)20-25(2)28(24)22-29(37)35(46)40-30(16-18-49-4)36(47)39-23-32(43)41(17-12-7-5-6-11-15-33(44)48-3)31(34(38)45)21-26-13-9-8-10-14-26;;/h8-10,13-14,19-20,29-31,42H,5-7,11-12,15-18,21-23,37H2,1-4H3,(H2,38,45)(H,39,47)(H,40,46);1H;1H2/t29-,30-,31+;;/m1../s1. The molecule has 0 radical (unpaired) electrons. The fourth-order valence-electron chi connectivity index (χ4n) is 5.62. The van der Waals surface area contributed by atoms with Gasteiger partial charge in [0.2, 0.25) is 23.6 Å². The van der Waals surface area contributed by atoms with Gasteiger partial charge < -0.3 is 42.3 Å². The van der Waals surface area contributed by atoms with Crippen molar-refractivity contribution in [1.29, 1.82) is 0 Å². The zero-order chi connectivity index (χ0) is 36.3. The molecule has 0 aliphatic carbocycles. The molecule has 15 heteroatoms. The van der Waals surface area contributed by atoms with Gasteiger partial charge in [-0.15, -0.1) is 12.4 Å². The Morgan fingerprint density at radius 1 is 0.941 bits per heavy atom. The molecule has 2 aromatic rings. The number of nitrogens with two attached hydrogens (primary N) is 2. The Hall–Kier alpha value is -3.85. The lowest BCUT2D eigenvalue weighted by molar-refractivity contribution is -0.140. The van der Waals surface area contributed by atoms with Crippen LogP contribution in [0.15, 0.2) is 42.5 Å². The van der Waals surface area contributed by atoms with Gasteiger partial charge in [-0.2, -0.15) is 11.8 Å². The summed E-state index contributed by atoms with van der Waals surface area (Å²) in [5, 5.41) is 15.3. The Labute approximate surface area is 311 Å². The molecule has 9 N–H and O–H groups in total. The summed E-state index contributed by atoms with van der Waals surface area (Å²) in [6.45, 7) is 3.53. The second kappa shape index (κ2) is 25.2. The van der Waals surface area contributed by atoms with Gasteiger partial charge >= 0.3 is 5.97 Å². The Kier molecular flexibility index (Phi) is 23.3. The number of unbranched alkanes of at least 4 members (excludes halogenated alkanes) is 4. The minimum Gasteiger partial charge on any atom is -0.508 e. The lowest BCUT2D eigenvalue weighted by atomic mass is 9.96. The minimum atomic E-state index is -0.946. The van der Waals surface area contributed by atoms with Crippen LogP contribution in [0.25, 0.3) is 0 Å². The molecule has 3 atom stereocenters. The highest BCUT2D eigenvalue weighted by molar-refractivity contribution is 7.98. The number of phenolic OH excluding ortho intramolecular Hbond substituents is 1. The third-order valence-electron chi connectivity index (χ3n) is 8.40. The van der Waals surface area contributed by atoms with Gasteiger partial charge in [-0.05, 0) is 85.9 Å². The van der Waals surface area contributed by atoms with E-state index in [0.717, 1.165) is 41.5 Å². The highest BCUT2D eigenvalue weighted by Gasteiger charge is 2.30. The van der Waals surface area contributed by atoms with Crippen molar-refractivity contribution in [2.45, 2.75) is 89.8 Å². The highest BCUT2D eigenvalue weighted by atomic mass is 35.5. The number of amides is 4. The molecule has 0 aliphatic heterocycles. The first-order chi connectivity index (χ1) is 23.4. The summed E-state index contributed by atoms with van der Waals surface area (Å²) in [7, 11) is 1.36. The monoisotopic (exact) mass is 753 g/mol. The molecule has 0 aliphatic rings. The van der Waals surface area contributed by atoms with Crippen LogP contribution in [0.1, 0.15) is 67.2 Å². The number of phenols is 1. The van der Waals surface area contributed by atoms with Gasteiger partial charge in [0.25, 0.3) is 0 Å². The number of nitrogens with zero attached hydrogens (tertiary/aromatic N) is 1. The molecule has 0 bridgehead atoms. The van der Waals surface area contributed by atoms with E-state index in [0.29, 0.717) is 31.4 Å². The van der Waals surface area contributed by atoms with Crippen LogP contribution >= 0.6 is 24.2 Å². The summed E-state index contributed by atoms with van der Waals surface area (Å²) >= 11 is 1.51. The van der Waals surface area contributed by atoms with E-state index in [1.54, 1.807) is 12.1 Å². The number of esters is 1. The average molecular weight is 754 g/mol. The molecule has 2 aromatic carbocycles. The van der Waals surface area contributed by atoms with Crippen molar-refractivity contribution in [3.8, 4) is 5.75 Å². The van der Waals surface area contributed by atoms with E-state index in [-0.39, 0.29) is 55.5 Å². The number of methoxy groups -OCH3 is 1. The number of aryl methyl sites for hydroxylation is 2. The van der Waals surface area contributed by atoms with Crippen LogP contribution < -0.4 is 22.1 Å². The number of rotatable bonds is 22. The van der Waals surface area contributed by atoms with Crippen LogP contribution in [0.3, 0.4) is 0 Å². The first-order valence-corrected chi connectivity index (χ1v) is 18.1. The number of primary amides is 1. The topological polar surface area (TPSA) is 226 Å². The van der Waals surface area contributed by atoms with E-state index in [1.807, 2.05) is 50.4 Å². The summed E-state index contributed by atoms with van der Waals surface area (Å²) in [6.07, 6.45) is 6.71. The number of halogens is 1. The minimum absolute atomic E-state index is 0. The number of carbonyl (C=O) groups is 5. The van der Waals surface area contributed by atoms with E-state index in [1.165, 1.54) is 23.8 Å². The highest BCUT2D eigenvalue weighted by Crippen LogP contribution is 2.22. The van der Waals surface area contributed by atoms with Crippen LogP contribution in [-0.4, -0.2) is 95.4 Å². The zero-order valence-corrected chi connectivity index (χ0v) is 31.7. The normalized spacial score (nSPS) is 12.3. The van der Waals surface area contributed by atoms with Crippen molar-refractivity contribution in [1.82, 2.24) is 15.5 Å². The van der Waals surface area contributed by atoms with Crippen molar-refractivity contribution < 1.29 is 39.3 Å². The number of hydrogen-bond acceptors (Lipinski definition) is 9. The Morgan fingerprint density at radius 2 is 1.55 bits per heavy atom. The number of nitrogens with one attached hydrogen (secondary N) is 2. The molecule has 0 fully saturated rings. The first kappa shape index (κ1) is 47.1. The molecular weight excluding hydrogens is 698 g/mol. The van der Waals surface area contributed by atoms with Crippen molar-refractivity contribution in [3.63, 3.8) is 0 Å². The molecule has 51 heavy (non-hydrogen) atoms. The van der Waals surface area contributed by atoms with Crippen LogP contribution in [-0.2, 0) is 41.6 Å². The smallest absolute Gasteiger partial charge is 0.305 e. The lowest BCUT2D eigenvalue weighted by Gasteiger charge is -2.30. The molecule has 0 heterocycles. The number of carbonyl (C=O) groups excluding carboxylic acids is 5. The first-order valence-electron chi connectivity index (χ1n) is 16.7. The maximum absolute atomic E-state index is 13.6. The van der Waals surface area contributed by atoms with Crippen LogP contribution in [0.2, 0.25) is 0 Å². The average Bonchev–Trinajstić information content (AvgIpc) is 3.07. The van der Waals surface area contributed by atoms with Gasteiger partial charge in [0.1, 0.15) is 17.8 Å². The largest absolute Gasteiger partial charge is 0.508 e. The van der Waals surface area contributed by atoms with E-state index < -0.39 is 41.8 Å². The van der Waals surface area contributed by atoms with Gasteiger partial charge in [-0.1, -0.05) is 49.6 Å². The fraction of sp³-hybridized carbons (Fsp3) is 0.528. The SMILES string of the molecule is COC(=O)CCCCCCCN(C(=O)CNC(=O)[C@@H](CCSC)NC(=O)[C@H](N)Cc1c(C)cc(O)cc1C)[C@@H](Cc1ccccc1)C(N)=O.Cl.O. The molecule has 0 unspecified atom stereocenters. The van der Waals surface area contributed by atoms with E-state index in [9.17, 15) is 29.1 Å². The third kappa shape index (κ3) is 16.8. The summed E-state index contributed by atoms with van der Waals surface area (Å²) in [4.78, 5) is 65.6. The van der Waals surface area contributed by atoms with Crippen LogP contribution in [0.5, 0.6) is 5.75 Å². The molecule has 0 saturated heterocycles. The van der Waals surface area contributed by atoms with Crippen molar-refractivity contribution >= 4 is 53.8 Å². The molecule has 0 spiro atoms. The van der Waals surface area contributed by atoms with E-state index >= 15 is 0 Å². The summed E-state index contributed by atoms with van der Waals surface area (Å²) < 4.78 is 4.68. The van der Waals surface area contributed by atoms with Gasteiger partial charge in [0.05, 0.1) is 19.7 Å². The Bertz CT molecular complexity index is 1380. The van der Waals surface area contributed by atoms with Gasteiger partial charge in [-0.25, -0.2) is 0 Å². The molecule has 0 aromatic heterocycles. The maximum Gasteiger partial charge on any atom is 0.305 e. The van der Waals surface area contributed by atoms with Crippen LogP contribution in [0.4, 0.5) is 0 Å².